The fourth-order valence-electron chi connectivity index (χ4n) is 1.83. The van der Waals surface area contributed by atoms with Gasteiger partial charge in [0.25, 0.3) is 0 Å². The Morgan fingerprint density at radius 3 is 2.44 bits per heavy atom. The van der Waals surface area contributed by atoms with Gasteiger partial charge in [-0.15, -0.1) is 0 Å². The third kappa shape index (κ3) is 6.31. The van der Waals surface area contributed by atoms with E-state index in [2.05, 4.69) is 42.6 Å². The van der Waals surface area contributed by atoms with Crippen LogP contribution in [-0.2, 0) is 17.2 Å². The molecule has 3 heteroatoms. The molecular formula is C15H25NOS. The summed E-state index contributed by atoms with van der Waals surface area (Å²) >= 11 is 0. The molecule has 0 amide bonds. The third-order valence-electron chi connectivity index (χ3n) is 3.32. The smallest absolute Gasteiger partial charge is 0.0329 e. The van der Waals surface area contributed by atoms with Gasteiger partial charge in [-0.1, -0.05) is 37.3 Å². The molecule has 0 aliphatic carbocycles. The average molecular weight is 267 g/mol. The topological polar surface area (TPSA) is 29.1 Å². The second-order valence-corrected chi connectivity index (χ2v) is 6.78. The first kappa shape index (κ1) is 15.4. The standard InChI is InChI=1S/C15H25NOS/c1-13(16-12-11-14(2)18(3)17)9-10-15-7-5-4-6-8-15/h4-8,13-14,16H,9-12H2,1-3H3. The maximum atomic E-state index is 11.2. The number of rotatable bonds is 8. The van der Waals surface area contributed by atoms with E-state index < -0.39 is 10.8 Å². The second-order valence-electron chi connectivity index (χ2n) is 4.98. The normalized spacial score (nSPS) is 16.2. The minimum absolute atomic E-state index is 0.291. The fourth-order valence-corrected chi connectivity index (χ4v) is 2.28. The van der Waals surface area contributed by atoms with E-state index in [0.29, 0.717) is 11.3 Å². The summed E-state index contributed by atoms with van der Waals surface area (Å²) in [6.07, 6.45) is 5.03. The van der Waals surface area contributed by atoms with Crippen molar-refractivity contribution in [2.45, 2.75) is 44.4 Å². The molecule has 0 heterocycles. The Balaban J connectivity index is 2.14. The third-order valence-corrected chi connectivity index (χ3v) is 4.69. The number of hydrogen-bond donors (Lipinski definition) is 1. The second kappa shape index (κ2) is 8.44. The lowest BCUT2D eigenvalue weighted by molar-refractivity contribution is 0.504. The van der Waals surface area contributed by atoms with Crippen LogP contribution in [0, 0.1) is 0 Å². The minimum atomic E-state index is -0.698. The average Bonchev–Trinajstić information content (AvgIpc) is 2.37. The highest BCUT2D eigenvalue weighted by Gasteiger charge is 2.07. The zero-order chi connectivity index (χ0) is 13.4. The molecule has 0 spiro atoms. The molecule has 18 heavy (non-hydrogen) atoms. The van der Waals surface area contributed by atoms with Crippen molar-refractivity contribution in [1.29, 1.82) is 0 Å². The van der Waals surface area contributed by atoms with E-state index in [0.717, 1.165) is 25.8 Å². The molecule has 0 aliphatic rings. The maximum Gasteiger partial charge on any atom is 0.0329 e. The van der Waals surface area contributed by atoms with E-state index in [9.17, 15) is 4.21 Å². The predicted molar refractivity (Wildman–Crippen MR) is 80.4 cm³/mol. The predicted octanol–water partition coefficient (Wildman–Crippen LogP) is 2.75. The molecule has 3 atom stereocenters. The van der Waals surface area contributed by atoms with Crippen molar-refractivity contribution in [3.8, 4) is 0 Å². The lowest BCUT2D eigenvalue weighted by Gasteiger charge is -2.15. The van der Waals surface area contributed by atoms with E-state index in [4.69, 9.17) is 0 Å². The van der Waals surface area contributed by atoms with Gasteiger partial charge in [0.05, 0.1) is 0 Å². The van der Waals surface area contributed by atoms with Gasteiger partial charge < -0.3 is 5.32 Å². The molecule has 0 aliphatic heterocycles. The molecule has 0 aromatic heterocycles. The van der Waals surface area contributed by atoms with E-state index in [1.165, 1.54) is 5.56 Å². The first-order valence-corrected chi connectivity index (χ1v) is 8.31. The molecule has 102 valence electrons. The Hall–Kier alpha value is -0.670. The highest BCUT2D eigenvalue weighted by molar-refractivity contribution is 7.84. The molecule has 2 nitrogen and oxygen atoms in total. The van der Waals surface area contributed by atoms with Gasteiger partial charge in [-0.25, -0.2) is 0 Å². The van der Waals surface area contributed by atoms with Crippen LogP contribution >= 0.6 is 0 Å². The van der Waals surface area contributed by atoms with Crippen LogP contribution < -0.4 is 5.32 Å². The summed E-state index contributed by atoms with van der Waals surface area (Å²) in [5, 5.41) is 3.79. The van der Waals surface area contributed by atoms with Gasteiger partial charge in [-0.2, -0.15) is 0 Å². The number of benzene rings is 1. The molecule has 0 radical (unpaired) electrons. The van der Waals surface area contributed by atoms with Gasteiger partial charge >= 0.3 is 0 Å². The van der Waals surface area contributed by atoms with Crippen molar-refractivity contribution in [2.75, 3.05) is 12.8 Å². The molecule has 0 bridgehead atoms. The molecule has 3 unspecified atom stereocenters. The molecule has 1 aromatic rings. The summed E-state index contributed by atoms with van der Waals surface area (Å²) < 4.78 is 11.2. The summed E-state index contributed by atoms with van der Waals surface area (Å²) in [4.78, 5) is 0. The van der Waals surface area contributed by atoms with Gasteiger partial charge in [0, 0.05) is 28.3 Å². The zero-order valence-corrected chi connectivity index (χ0v) is 12.5. The van der Waals surface area contributed by atoms with Crippen molar-refractivity contribution in [2.24, 2.45) is 0 Å². The Labute approximate surface area is 114 Å². The Kier molecular flexibility index (Phi) is 7.21. The maximum absolute atomic E-state index is 11.2. The molecule has 0 saturated heterocycles. The monoisotopic (exact) mass is 267 g/mol. The molecular weight excluding hydrogens is 242 g/mol. The molecule has 0 fully saturated rings. The van der Waals surface area contributed by atoms with E-state index in [-0.39, 0.29) is 0 Å². The van der Waals surface area contributed by atoms with Crippen LogP contribution in [0.5, 0.6) is 0 Å². The van der Waals surface area contributed by atoms with Gasteiger partial charge in [-0.05, 0) is 38.3 Å². The highest BCUT2D eigenvalue weighted by atomic mass is 32.2. The number of hydrogen-bond acceptors (Lipinski definition) is 2. The first-order valence-electron chi connectivity index (χ1n) is 6.69. The summed E-state index contributed by atoms with van der Waals surface area (Å²) in [5.74, 6) is 0. The summed E-state index contributed by atoms with van der Waals surface area (Å²) in [7, 11) is -0.698. The summed E-state index contributed by atoms with van der Waals surface area (Å²) in [5.41, 5.74) is 1.40. The Morgan fingerprint density at radius 1 is 1.17 bits per heavy atom. The van der Waals surface area contributed by atoms with Crippen molar-refractivity contribution in [3.63, 3.8) is 0 Å². The Bertz CT molecular complexity index is 353. The van der Waals surface area contributed by atoms with Crippen molar-refractivity contribution in [3.05, 3.63) is 35.9 Å². The number of aryl methyl sites for hydroxylation is 1. The van der Waals surface area contributed by atoms with Crippen molar-refractivity contribution < 1.29 is 4.21 Å². The first-order chi connectivity index (χ1) is 8.59. The van der Waals surface area contributed by atoms with Crippen LogP contribution in [0.3, 0.4) is 0 Å². The van der Waals surface area contributed by atoms with Gasteiger partial charge in [0.2, 0.25) is 0 Å². The van der Waals surface area contributed by atoms with Crippen molar-refractivity contribution >= 4 is 10.8 Å². The van der Waals surface area contributed by atoms with Gasteiger partial charge in [-0.3, -0.25) is 4.21 Å². The largest absolute Gasteiger partial charge is 0.314 e. The van der Waals surface area contributed by atoms with Crippen LogP contribution in [-0.4, -0.2) is 28.3 Å². The van der Waals surface area contributed by atoms with E-state index in [1.54, 1.807) is 6.26 Å². The molecule has 1 N–H and O–H groups in total. The summed E-state index contributed by atoms with van der Waals surface area (Å²) in [6.45, 7) is 5.22. The van der Waals surface area contributed by atoms with Crippen molar-refractivity contribution in [1.82, 2.24) is 5.32 Å². The Morgan fingerprint density at radius 2 is 1.83 bits per heavy atom. The minimum Gasteiger partial charge on any atom is -0.314 e. The van der Waals surface area contributed by atoms with Gasteiger partial charge in [0.1, 0.15) is 0 Å². The molecule has 0 saturated carbocycles. The quantitative estimate of drug-likeness (QED) is 0.784. The lowest BCUT2D eigenvalue weighted by atomic mass is 10.1. The van der Waals surface area contributed by atoms with Crippen LogP contribution in [0.4, 0.5) is 0 Å². The molecule has 1 rings (SSSR count). The van der Waals surface area contributed by atoms with Gasteiger partial charge in [0.15, 0.2) is 0 Å². The lowest BCUT2D eigenvalue weighted by Crippen LogP contribution is -2.29. The van der Waals surface area contributed by atoms with Crippen LogP contribution in [0.1, 0.15) is 32.3 Å². The summed E-state index contributed by atoms with van der Waals surface area (Å²) in [6, 6.07) is 11.1. The highest BCUT2D eigenvalue weighted by Crippen LogP contribution is 2.05. The SMILES string of the molecule is CC(CCc1ccccc1)NCCC(C)S(C)=O. The van der Waals surface area contributed by atoms with Crippen LogP contribution in [0.25, 0.3) is 0 Å². The van der Waals surface area contributed by atoms with E-state index in [1.807, 2.05) is 6.92 Å². The van der Waals surface area contributed by atoms with Crippen LogP contribution in [0.2, 0.25) is 0 Å². The fraction of sp³-hybridized carbons (Fsp3) is 0.600. The van der Waals surface area contributed by atoms with E-state index >= 15 is 0 Å². The number of nitrogens with one attached hydrogen (secondary N) is 1. The zero-order valence-electron chi connectivity index (χ0n) is 11.7. The molecule has 1 aromatic carbocycles. The van der Waals surface area contributed by atoms with Crippen LogP contribution in [0.15, 0.2) is 30.3 Å².